The summed E-state index contributed by atoms with van der Waals surface area (Å²) in [5.74, 6) is 0. The highest BCUT2D eigenvalue weighted by atomic mass is 16.3. The van der Waals surface area contributed by atoms with Crippen LogP contribution in [0.1, 0.15) is 0 Å². The van der Waals surface area contributed by atoms with Gasteiger partial charge in [0.05, 0.1) is 17.1 Å². The van der Waals surface area contributed by atoms with Crippen LogP contribution in [0.5, 0.6) is 0 Å². The molecule has 0 saturated carbocycles. The SMILES string of the molecule is c1ccc(-c2ccc(N(c3ccccc3)c3c4ccccc4c(-c4ccc(N(c5ccc(-c6ccccc6)cc5)c5cc6oc7ccc8ccccc8c7c6c6ccccc56)c5ccccc45)c4ccccc34)cc2)cc1. The van der Waals surface area contributed by atoms with E-state index in [-0.39, 0.29) is 0 Å². The maximum absolute atomic E-state index is 6.93. The van der Waals surface area contributed by atoms with Crippen molar-refractivity contribution in [2.45, 2.75) is 0 Å². The van der Waals surface area contributed by atoms with E-state index in [4.69, 9.17) is 4.42 Å². The highest BCUT2D eigenvalue weighted by Crippen LogP contribution is 2.52. The minimum absolute atomic E-state index is 0.853. The van der Waals surface area contributed by atoms with E-state index in [9.17, 15) is 0 Å². The molecule has 15 rings (SSSR count). The van der Waals surface area contributed by atoms with E-state index in [1.807, 2.05) is 0 Å². The lowest BCUT2D eigenvalue weighted by atomic mass is 9.87. The molecule has 3 heteroatoms. The van der Waals surface area contributed by atoms with Gasteiger partial charge in [-0.2, -0.15) is 0 Å². The molecule has 0 N–H and O–H groups in total. The molecule has 0 unspecified atom stereocenters. The average molecular weight is 981 g/mol. The lowest BCUT2D eigenvalue weighted by molar-refractivity contribution is 0.669. The monoisotopic (exact) mass is 980 g/mol. The summed E-state index contributed by atoms with van der Waals surface area (Å²) in [6.45, 7) is 0. The molecule has 0 atom stereocenters. The van der Waals surface area contributed by atoms with Gasteiger partial charge in [-0.05, 0) is 114 Å². The molecule has 14 aromatic carbocycles. The highest BCUT2D eigenvalue weighted by molar-refractivity contribution is 6.29. The summed E-state index contributed by atoms with van der Waals surface area (Å²) in [6.07, 6.45) is 0. The van der Waals surface area contributed by atoms with Gasteiger partial charge in [0.2, 0.25) is 0 Å². The Kier molecular flexibility index (Phi) is 10.5. The van der Waals surface area contributed by atoms with Crippen LogP contribution in [0.15, 0.2) is 296 Å². The third-order valence-electron chi connectivity index (χ3n) is 15.6. The van der Waals surface area contributed by atoms with E-state index in [0.29, 0.717) is 0 Å². The fourth-order valence-electron chi connectivity index (χ4n) is 12.2. The van der Waals surface area contributed by atoms with E-state index < -0.39 is 0 Å². The van der Waals surface area contributed by atoms with Crippen LogP contribution < -0.4 is 9.80 Å². The lowest BCUT2D eigenvalue weighted by Crippen LogP contribution is -2.12. The molecule has 1 heterocycles. The average Bonchev–Trinajstić information content (AvgIpc) is 3.97. The van der Waals surface area contributed by atoms with Gasteiger partial charge in [0, 0.05) is 55.4 Å². The number of rotatable bonds is 9. The van der Waals surface area contributed by atoms with Crippen molar-refractivity contribution in [3.63, 3.8) is 0 Å². The fourth-order valence-corrected chi connectivity index (χ4v) is 12.2. The van der Waals surface area contributed by atoms with Gasteiger partial charge in [-0.3, -0.25) is 0 Å². The summed E-state index contributed by atoms with van der Waals surface area (Å²) >= 11 is 0. The van der Waals surface area contributed by atoms with Crippen LogP contribution in [0, 0.1) is 0 Å². The van der Waals surface area contributed by atoms with Crippen LogP contribution in [0.4, 0.5) is 34.1 Å². The molecule has 0 radical (unpaired) electrons. The standard InChI is InChI=1S/C74H48N2O/c1-4-20-49(21-5-1)51-36-41-55(42-37-51)75(54-25-8-3-9-26-54)74-65-34-18-16-32-62(65)71(63-33-17-19-35-66(63)74)64-45-46-67(59-29-13-12-28-58(59)64)76(56-43-38-52(39-44-56)50-22-6-2-7-23-50)68-48-70-73(61-31-15-14-30-60(61)68)72-57-27-11-10-24-53(57)40-47-69(72)77-70/h1-48H. The van der Waals surface area contributed by atoms with E-state index in [1.54, 1.807) is 0 Å². The number of para-hydroxylation sites is 1. The Hall–Kier alpha value is -10.2. The lowest BCUT2D eigenvalue weighted by Gasteiger charge is -2.30. The Balaban J connectivity index is 0.965. The number of anilines is 6. The number of benzene rings is 14. The topological polar surface area (TPSA) is 19.6 Å². The number of hydrogen-bond donors (Lipinski definition) is 0. The quantitative estimate of drug-likeness (QED) is 0.134. The Morgan fingerprint density at radius 3 is 1.27 bits per heavy atom. The van der Waals surface area contributed by atoms with Gasteiger partial charge in [0.25, 0.3) is 0 Å². The van der Waals surface area contributed by atoms with Crippen molar-refractivity contribution in [1.82, 2.24) is 0 Å². The molecule has 0 aliphatic rings. The van der Waals surface area contributed by atoms with Crippen molar-refractivity contribution in [3.8, 4) is 33.4 Å². The van der Waals surface area contributed by atoms with E-state index in [1.165, 1.54) is 60.1 Å². The molecule has 3 nitrogen and oxygen atoms in total. The van der Waals surface area contributed by atoms with Crippen molar-refractivity contribution in [3.05, 3.63) is 291 Å². The second-order valence-electron chi connectivity index (χ2n) is 19.9. The predicted octanol–water partition coefficient (Wildman–Crippen LogP) is 21.3. The van der Waals surface area contributed by atoms with E-state index in [0.717, 1.165) is 83.2 Å². The maximum atomic E-state index is 6.93. The van der Waals surface area contributed by atoms with Crippen LogP contribution in [0.25, 0.3) is 109 Å². The molecule has 77 heavy (non-hydrogen) atoms. The van der Waals surface area contributed by atoms with Gasteiger partial charge in [0.1, 0.15) is 11.2 Å². The zero-order chi connectivity index (χ0) is 50.8. The molecule has 1 aromatic heterocycles. The Labute approximate surface area is 446 Å². The number of nitrogens with zero attached hydrogens (tertiary/aromatic N) is 2. The smallest absolute Gasteiger partial charge is 0.138 e. The van der Waals surface area contributed by atoms with Crippen molar-refractivity contribution < 1.29 is 4.42 Å². The first-order valence-electron chi connectivity index (χ1n) is 26.4. The van der Waals surface area contributed by atoms with Gasteiger partial charge in [-0.1, -0.05) is 237 Å². The van der Waals surface area contributed by atoms with Crippen molar-refractivity contribution in [1.29, 1.82) is 0 Å². The van der Waals surface area contributed by atoms with Crippen LogP contribution >= 0.6 is 0 Å². The molecule has 0 aliphatic heterocycles. The minimum atomic E-state index is 0.853. The summed E-state index contributed by atoms with van der Waals surface area (Å²) < 4.78 is 6.93. The van der Waals surface area contributed by atoms with E-state index in [2.05, 4.69) is 301 Å². The molecule has 15 aromatic rings. The van der Waals surface area contributed by atoms with Gasteiger partial charge >= 0.3 is 0 Å². The van der Waals surface area contributed by atoms with Gasteiger partial charge in [-0.25, -0.2) is 0 Å². The molecule has 0 saturated heterocycles. The molecule has 0 bridgehead atoms. The van der Waals surface area contributed by atoms with Crippen LogP contribution in [-0.4, -0.2) is 0 Å². The molecule has 0 amide bonds. The maximum Gasteiger partial charge on any atom is 0.138 e. The second kappa shape index (κ2) is 18.3. The first-order valence-corrected chi connectivity index (χ1v) is 26.4. The molecule has 0 fully saturated rings. The molecular formula is C74H48N2O. The van der Waals surface area contributed by atoms with E-state index >= 15 is 0 Å². The van der Waals surface area contributed by atoms with Crippen LogP contribution in [0.3, 0.4) is 0 Å². The summed E-state index contributed by atoms with van der Waals surface area (Å²) in [4.78, 5) is 4.89. The normalized spacial score (nSPS) is 11.6. The van der Waals surface area contributed by atoms with Crippen LogP contribution in [0.2, 0.25) is 0 Å². The third-order valence-corrected chi connectivity index (χ3v) is 15.6. The Morgan fingerprint density at radius 1 is 0.247 bits per heavy atom. The fraction of sp³-hybridized carbons (Fsp3) is 0. The summed E-state index contributed by atoms with van der Waals surface area (Å²) in [7, 11) is 0. The molecule has 0 aliphatic carbocycles. The zero-order valence-electron chi connectivity index (χ0n) is 42.0. The van der Waals surface area contributed by atoms with Crippen molar-refractivity contribution in [2.24, 2.45) is 0 Å². The van der Waals surface area contributed by atoms with Gasteiger partial charge in [-0.15, -0.1) is 0 Å². The van der Waals surface area contributed by atoms with Crippen molar-refractivity contribution >= 4 is 110 Å². The Morgan fingerprint density at radius 2 is 0.675 bits per heavy atom. The van der Waals surface area contributed by atoms with Gasteiger partial charge < -0.3 is 14.2 Å². The summed E-state index contributed by atoms with van der Waals surface area (Å²) in [6, 6.07) is 106. The predicted molar refractivity (Wildman–Crippen MR) is 327 cm³/mol. The van der Waals surface area contributed by atoms with Gasteiger partial charge in [0.15, 0.2) is 0 Å². The summed E-state index contributed by atoms with van der Waals surface area (Å²) in [5, 5.41) is 14.0. The largest absolute Gasteiger partial charge is 0.456 e. The molecule has 360 valence electrons. The minimum Gasteiger partial charge on any atom is -0.456 e. The molecular weight excluding hydrogens is 933 g/mol. The van der Waals surface area contributed by atoms with Crippen LogP contribution in [-0.2, 0) is 0 Å². The number of hydrogen-bond acceptors (Lipinski definition) is 3. The second-order valence-corrected chi connectivity index (χ2v) is 19.9. The highest BCUT2D eigenvalue weighted by Gasteiger charge is 2.26. The summed E-state index contributed by atoms with van der Waals surface area (Å²) in [5.41, 5.74) is 15.3. The van der Waals surface area contributed by atoms with Crippen molar-refractivity contribution in [2.75, 3.05) is 9.80 Å². The Bertz CT molecular complexity index is 4660. The third kappa shape index (κ3) is 7.35. The number of fused-ring (bicyclic) bond motifs is 10. The first kappa shape index (κ1) is 44.3. The first-order chi connectivity index (χ1) is 38.2. The number of furan rings is 1. The molecule has 0 spiro atoms. The zero-order valence-corrected chi connectivity index (χ0v) is 42.0.